The van der Waals surface area contributed by atoms with E-state index in [2.05, 4.69) is 9.26 Å². The third-order valence-electron chi connectivity index (χ3n) is 0.933. The van der Waals surface area contributed by atoms with E-state index in [1.807, 2.05) is 0 Å². The van der Waals surface area contributed by atoms with Gasteiger partial charge in [0.2, 0.25) is 0 Å². The van der Waals surface area contributed by atoms with Crippen LogP contribution in [0.25, 0.3) is 0 Å². The van der Waals surface area contributed by atoms with Gasteiger partial charge in [0.15, 0.2) is 6.10 Å². The van der Waals surface area contributed by atoms with Crippen LogP contribution >= 0.6 is 7.82 Å². The van der Waals surface area contributed by atoms with Crippen LogP contribution in [0.1, 0.15) is 6.92 Å². The molecule has 8 heteroatoms. The lowest BCUT2D eigenvalue weighted by Gasteiger charge is -2.13. The van der Waals surface area contributed by atoms with E-state index in [1.54, 1.807) is 0 Å². The van der Waals surface area contributed by atoms with Gasteiger partial charge in [-0.25, -0.2) is 8.96 Å². The molecule has 0 aromatic carbocycles. The Hall–Kier alpha value is -0.490. The van der Waals surface area contributed by atoms with Crippen LogP contribution in [-0.2, 0) is 18.6 Å². The zero-order valence-electron chi connectivity index (χ0n) is 6.84. The van der Waals surface area contributed by atoms with E-state index in [4.69, 9.17) is 9.79 Å². The average Bonchev–Trinajstić information content (AvgIpc) is 1.95. The van der Waals surface area contributed by atoms with Crippen LogP contribution in [0.15, 0.2) is 0 Å². The molecule has 1 atom stereocenters. The Kier molecular flexibility index (Phi) is 5.09. The predicted molar refractivity (Wildman–Crippen MR) is 39.5 cm³/mol. The topological polar surface area (TPSA) is 93.1 Å². The maximum Gasteiger partial charge on any atom is 0.469 e. The predicted octanol–water partition coefficient (Wildman–Crippen LogP) is -0.00310. The van der Waals surface area contributed by atoms with Gasteiger partial charge in [-0.1, -0.05) is 0 Å². The summed E-state index contributed by atoms with van der Waals surface area (Å²) in [5, 5.41) is 0. The molecule has 0 saturated heterocycles. The Morgan fingerprint density at radius 3 is 2.46 bits per heavy atom. The number of alkyl halides is 1. The molecule has 0 aliphatic heterocycles. The summed E-state index contributed by atoms with van der Waals surface area (Å²) >= 11 is 0. The van der Waals surface area contributed by atoms with Crippen LogP contribution in [0, 0.1) is 0 Å². The molecule has 0 aliphatic carbocycles. The van der Waals surface area contributed by atoms with Crippen molar-refractivity contribution >= 4 is 13.8 Å². The van der Waals surface area contributed by atoms with Crippen LogP contribution < -0.4 is 0 Å². The molecule has 0 fully saturated rings. The van der Waals surface area contributed by atoms with Crippen molar-refractivity contribution in [2.75, 3.05) is 13.3 Å². The third-order valence-corrected chi connectivity index (χ3v) is 1.42. The Balaban J connectivity index is 3.86. The summed E-state index contributed by atoms with van der Waals surface area (Å²) in [4.78, 5) is 26.7. The van der Waals surface area contributed by atoms with Crippen LogP contribution in [0.2, 0.25) is 0 Å². The summed E-state index contributed by atoms with van der Waals surface area (Å²) in [6.45, 7) is -0.667. The number of rotatable bonds is 5. The summed E-state index contributed by atoms with van der Waals surface area (Å²) in [5.41, 5.74) is 0. The van der Waals surface area contributed by atoms with Gasteiger partial charge in [0, 0.05) is 6.92 Å². The van der Waals surface area contributed by atoms with Gasteiger partial charge in [0.05, 0.1) is 6.61 Å². The van der Waals surface area contributed by atoms with Crippen LogP contribution in [0.4, 0.5) is 4.39 Å². The number of carbonyl (C=O) groups excluding carboxylic acids is 1. The van der Waals surface area contributed by atoms with Crippen LogP contribution in [0.3, 0.4) is 0 Å². The molecule has 6 nitrogen and oxygen atoms in total. The van der Waals surface area contributed by atoms with E-state index < -0.39 is 33.2 Å². The molecule has 0 rings (SSSR count). The molecule has 0 aromatic heterocycles. The van der Waals surface area contributed by atoms with E-state index in [1.165, 1.54) is 0 Å². The molecule has 0 unspecified atom stereocenters. The molecule has 0 spiro atoms. The molecular formula is C5H10FO6P. The highest BCUT2D eigenvalue weighted by Crippen LogP contribution is 2.35. The molecule has 78 valence electrons. The summed E-state index contributed by atoms with van der Waals surface area (Å²) in [6.07, 6.45) is -1.27. The van der Waals surface area contributed by atoms with E-state index in [0.717, 1.165) is 6.92 Å². The summed E-state index contributed by atoms with van der Waals surface area (Å²) in [7, 11) is -4.63. The van der Waals surface area contributed by atoms with Crippen molar-refractivity contribution in [3.05, 3.63) is 0 Å². The van der Waals surface area contributed by atoms with Crippen molar-refractivity contribution in [1.82, 2.24) is 0 Å². The number of carbonyl (C=O) groups is 1. The summed E-state index contributed by atoms with van der Waals surface area (Å²) in [6, 6.07) is 0. The van der Waals surface area contributed by atoms with Gasteiger partial charge in [0.25, 0.3) is 0 Å². The monoisotopic (exact) mass is 216 g/mol. The molecule has 0 bridgehead atoms. The van der Waals surface area contributed by atoms with Gasteiger partial charge in [-0.05, 0) is 0 Å². The molecule has 0 saturated carbocycles. The second-order valence-electron chi connectivity index (χ2n) is 2.17. The molecule has 0 aliphatic rings. The highest BCUT2D eigenvalue weighted by atomic mass is 31.2. The fourth-order valence-electron chi connectivity index (χ4n) is 0.525. The smallest absolute Gasteiger partial charge is 0.457 e. The number of hydrogen-bond donors (Lipinski definition) is 2. The van der Waals surface area contributed by atoms with Gasteiger partial charge in [-0.3, -0.25) is 9.32 Å². The number of phosphoric acid groups is 1. The SMILES string of the molecule is CC(=O)O[C@@H](CF)COP(=O)(O)O. The zero-order valence-corrected chi connectivity index (χ0v) is 7.74. The van der Waals surface area contributed by atoms with Crippen LogP contribution in [-0.4, -0.2) is 35.1 Å². The second-order valence-corrected chi connectivity index (χ2v) is 3.41. The Labute approximate surface area is 73.9 Å². The minimum absolute atomic E-state index is 0.666. The standard InChI is InChI=1S/C5H10FO6P/c1-4(7)12-5(2-6)3-11-13(8,9)10/h5H,2-3H2,1H3,(H2,8,9,10)/t5-/m0/s1. The van der Waals surface area contributed by atoms with Crippen molar-refractivity contribution in [3.63, 3.8) is 0 Å². The first kappa shape index (κ1) is 12.5. The van der Waals surface area contributed by atoms with E-state index in [9.17, 15) is 13.8 Å². The fourth-order valence-corrected chi connectivity index (χ4v) is 0.885. The van der Waals surface area contributed by atoms with Gasteiger partial charge in [-0.15, -0.1) is 0 Å². The first-order chi connectivity index (χ1) is 5.85. The van der Waals surface area contributed by atoms with Crippen molar-refractivity contribution in [1.29, 1.82) is 0 Å². The molecular weight excluding hydrogens is 206 g/mol. The number of phosphoric ester groups is 1. The largest absolute Gasteiger partial charge is 0.469 e. The van der Waals surface area contributed by atoms with Crippen molar-refractivity contribution < 1.29 is 32.8 Å². The molecule has 0 radical (unpaired) electrons. The lowest BCUT2D eigenvalue weighted by Crippen LogP contribution is -2.23. The van der Waals surface area contributed by atoms with Gasteiger partial charge < -0.3 is 14.5 Å². The summed E-state index contributed by atoms with van der Waals surface area (Å²) in [5.74, 6) is -0.739. The lowest BCUT2D eigenvalue weighted by molar-refractivity contribution is -0.149. The van der Waals surface area contributed by atoms with Gasteiger partial charge >= 0.3 is 13.8 Å². The van der Waals surface area contributed by atoms with Crippen molar-refractivity contribution in [2.24, 2.45) is 0 Å². The molecule has 0 aromatic rings. The highest BCUT2D eigenvalue weighted by molar-refractivity contribution is 7.46. The average molecular weight is 216 g/mol. The van der Waals surface area contributed by atoms with Crippen molar-refractivity contribution in [3.8, 4) is 0 Å². The summed E-state index contributed by atoms with van der Waals surface area (Å²) < 4.78 is 30.4. The minimum Gasteiger partial charge on any atom is -0.457 e. The van der Waals surface area contributed by atoms with E-state index in [-0.39, 0.29) is 0 Å². The second kappa shape index (κ2) is 5.29. The van der Waals surface area contributed by atoms with Crippen LogP contribution in [0.5, 0.6) is 0 Å². The van der Waals surface area contributed by atoms with Crippen molar-refractivity contribution in [2.45, 2.75) is 13.0 Å². The maximum absolute atomic E-state index is 12.0. The quantitative estimate of drug-likeness (QED) is 0.496. The number of halogens is 1. The lowest BCUT2D eigenvalue weighted by atomic mass is 10.4. The number of ether oxygens (including phenoxy) is 1. The normalized spacial score (nSPS) is 13.8. The third kappa shape index (κ3) is 7.86. The molecule has 2 N–H and O–H groups in total. The first-order valence-electron chi connectivity index (χ1n) is 3.28. The number of hydrogen-bond acceptors (Lipinski definition) is 4. The van der Waals surface area contributed by atoms with E-state index in [0.29, 0.717) is 0 Å². The first-order valence-corrected chi connectivity index (χ1v) is 4.81. The zero-order chi connectivity index (χ0) is 10.5. The Morgan fingerprint density at radius 2 is 2.15 bits per heavy atom. The molecule has 0 amide bonds. The molecule has 13 heavy (non-hydrogen) atoms. The van der Waals surface area contributed by atoms with Gasteiger partial charge in [-0.2, -0.15) is 0 Å². The minimum atomic E-state index is -4.63. The molecule has 0 heterocycles. The Bertz CT molecular complexity index is 213. The highest BCUT2D eigenvalue weighted by Gasteiger charge is 2.19. The number of esters is 1. The van der Waals surface area contributed by atoms with E-state index >= 15 is 0 Å². The van der Waals surface area contributed by atoms with Gasteiger partial charge in [0.1, 0.15) is 6.67 Å². The Morgan fingerprint density at radius 1 is 1.62 bits per heavy atom. The maximum atomic E-state index is 12.0. The fraction of sp³-hybridized carbons (Fsp3) is 0.800.